The van der Waals surface area contributed by atoms with Crippen LogP contribution in [0.25, 0.3) is 0 Å². The van der Waals surface area contributed by atoms with Crippen molar-refractivity contribution in [1.82, 2.24) is 0 Å². The summed E-state index contributed by atoms with van der Waals surface area (Å²) in [6.45, 7) is 7.85. The van der Waals surface area contributed by atoms with Crippen LogP contribution in [0.5, 0.6) is 0 Å². The van der Waals surface area contributed by atoms with Crippen molar-refractivity contribution in [3.63, 3.8) is 0 Å². The smallest absolute Gasteiger partial charge is 0.269 e. The van der Waals surface area contributed by atoms with E-state index in [0.717, 1.165) is 11.8 Å². The number of anilines is 1. The Kier molecular flexibility index (Phi) is 7.12. The van der Waals surface area contributed by atoms with Crippen LogP contribution in [0.2, 0.25) is 0 Å². The van der Waals surface area contributed by atoms with Crippen molar-refractivity contribution in [3.8, 4) is 12.3 Å². The molecule has 2 aliphatic rings. The first-order valence-corrected chi connectivity index (χ1v) is 11.0. The number of benzene rings is 1. The molecule has 1 saturated carbocycles. The molecule has 7 nitrogen and oxygen atoms in total. The summed E-state index contributed by atoms with van der Waals surface area (Å²) >= 11 is 0.842. The molecule has 0 spiro atoms. The van der Waals surface area contributed by atoms with Crippen molar-refractivity contribution < 1.29 is 22.7 Å². The van der Waals surface area contributed by atoms with E-state index in [4.69, 9.17) is 16.9 Å². The fraction of sp³-hybridized carbons (Fsp3) is 0.391. The Morgan fingerprint density at radius 2 is 2.26 bits per heavy atom. The number of halogens is 3. The Bertz CT molecular complexity index is 1160. The molecule has 1 heterocycles. The normalized spacial score (nSPS) is 26.3. The third-order valence-corrected chi connectivity index (χ3v) is 7.16. The highest BCUT2D eigenvalue weighted by Gasteiger charge is 2.71. The first kappa shape index (κ1) is 25.4. The number of nitrogens with zero attached hydrogens (tertiary/aromatic N) is 3. The predicted molar refractivity (Wildman–Crippen MR) is 129 cm³/mol. The minimum atomic E-state index is -2.63. The summed E-state index contributed by atoms with van der Waals surface area (Å²) in [5.74, 6) is 0.549. The lowest BCUT2D eigenvalue weighted by molar-refractivity contribution is -0.110. The third kappa shape index (κ3) is 4.68. The van der Waals surface area contributed by atoms with Gasteiger partial charge in [0.1, 0.15) is 11.5 Å². The van der Waals surface area contributed by atoms with Gasteiger partial charge in [0.25, 0.3) is 12.3 Å². The number of aliphatic imine (C=N–C) groups is 3. The van der Waals surface area contributed by atoms with E-state index >= 15 is 4.39 Å². The summed E-state index contributed by atoms with van der Waals surface area (Å²) < 4.78 is 46.5. The molecule has 0 aromatic heterocycles. The second-order valence-electron chi connectivity index (χ2n) is 8.15. The van der Waals surface area contributed by atoms with Gasteiger partial charge in [0.2, 0.25) is 5.88 Å². The summed E-state index contributed by atoms with van der Waals surface area (Å²) in [5, 5.41) is 2.63. The predicted octanol–water partition coefficient (Wildman–Crippen LogP) is 3.98. The van der Waals surface area contributed by atoms with Gasteiger partial charge >= 0.3 is 0 Å². The van der Waals surface area contributed by atoms with Gasteiger partial charge in [-0.25, -0.2) is 18.2 Å². The Morgan fingerprint density at radius 3 is 2.88 bits per heavy atom. The zero-order valence-corrected chi connectivity index (χ0v) is 19.7. The number of carbonyl (C=O) groups is 1. The maximum absolute atomic E-state index is 15.2. The Morgan fingerprint density at radius 1 is 1.56 bits per heavy atom. The molecule has 34 heavy (non-hydrogen) atoms. The van der Waals surface area contributed by atoms with Crippen LogP contribution in [0.15, 0.2) is 39.2 Å². The van der Waals surface area contributed by atoms with Crippen molar-refractivity contribution in [2.45, 2.75) is 43.9 Å². The molecule has 1 fully saturated rings. The fourth-order valence-corrected chi connectivity index (χ4v) is 5.32. The first-order valence-electron chi connectivity index (χ1n) is 10.2. The van der Waals surface area contributed by atoms with Crippen molar-refractivity contribution in [1.29, 1.82) is 0 Å². The molecule has 1 aromatic carbocycles. The SMILES string of the molecule is C#CCO/C(=C/N=C(C)C(=O)Nc1cc(C)c(F)c([C@@]2(C)N=C(N)S[C@@]3(C(F)F)C[C@@H]23)c1)N=C. The van der Waals surface area contributed by atoms with Gasteiger partial charge in [-0.15, -0.1) is 6.42 Å². The molecule has 3 N–H and O–H groups in total. The van der Waals surface area contributed by atoms with E-state index in [0.29, 0.717) is 0 Å². The number of carbonyl (C=O) groups excluding carboxylic acids is 1. The molecule has 1 aromatic rings. The van der Waals surface area contributed by atoms with Crippen molar-refractivity contribution in [3.05, 3.63) is 41.2 Å². The van der Waals surface area contributed by atoms with Gasteiger partial charge in [-0.05, 0) is 51.6 Å². The lowest BCUT2D eigenvalue weighted by atomic mass is 9.84. The zero-order chi connectivity index (χ0) is 25.3. The minimum Gasteiger partial charge on any atom is -0.463 e. The molecule has 1 aliphatic heterocycles. The van der Waals surface area contributed by atoms with Gasteiger partial charge in [-0.1, -0.05) is 17.7 Å². The zero-order valence-electron chi connectivity index (χ0n) is 18.9. The lowest BCUT2D eigenvalue weighted by Gasteiger charge is -2.34. The number of alkyl halides is 2. The number of rotatable bonds is 8. The number of thioether (sulfide) groups is 1. The highest BCUT2D eigenvalue weighted by Crippen LogP contribution is 2.68. The molecule has 0 radical (unpaired) electrons. The molecule has 1 amide bonds. The standard InChI is InChI=1S/C23H24F3N5O2S/c1-6-7-33-17(28-5)11-29-13(3)19(32)30-14-8-12(2)18(24)15(9-14)22(4)16-10-23(16,20(25)26)34-21(27)31-22/h1,8-9,11,16,20H,5,7,10H2,2-4H3,(H2,27,31)(H,30,32)/b17-11+,29-13?/t16-,22+,23-/m0/s1. The van der Waals surface area contributed by atoms with Gasteiger partial charge in [0.05, 0.1) is 16.5 Å². The number of nitrogens with two attached hydrogens (primary N) is 1. The van der Waals surface area contributed by atoms with Crippen LogP contribution >= 0.6 is 11.8 Å². The monoisotopic (exact) mass is 491 g/mol. The van der Waals surface area contributed by atoms with Gasteiger partial charge < -0.3 is 15.8 Å². The quantitative estimate of drug-likeness (QED) is 0.326. The van der Waals surface area contributed by atoms with E-state index in [1.54, 1.807) is 6.92 Å². The number of amides is 1. The van der Waals surface area contributed by atoms with Crippen LogP contribution < -0.4 is 11.1 Å². The van der Waals surface area contributed by atoms with Crippen LogP contribution in [0.3, 0.4) is 0 Å². The Hall–Kier alpha value is -3.26. The number of hydrogen-bond acceptors (Lipinski definition) is 7. The van der Waals surface area contributed by atoms with Gasteiger partial charge in [-0.3, -0.25) is 14.8 Å². The summed E-state index contributed by atoms with van der Waals surface area (Å²) in [6, 6.07) is 2.84. The number of hydrogen-bond donors (Lipinski definition) is 2. The van der Waals surface area contributed by atoms with Crippen LogP contribution in [-0.4, -0.2) is 41.3 Å². The van der Waals surface area contributed by atoms with Crippen LogP contribution in [-0.2, 0) is 15.1 Å². The number of amidine groups is 1. The molecule has 0 unspecified atom stereocenters. The van der Waals surface area contributed by atoms with E-state index < -0.39 is 34.4 Å². The molecule has 180 valence electrons. The van der Waals surface area contributed by atoms with Crippen LogP contribution in [0.1, 0.15) is 31.4 Å². The van der Waals surface area contributed by atoms with Crippen LogP contribution in [0.4, 0.5) is 18.9 Å². The summed E-state index contributed by atoms with van der Waals surface area (Å²) in [4.78, 5) is 24.6. The maximum Gasteiger partial charge on any atom is 0.269 e. The van der Waals surface area contributed by atoms with Crippen molar-refractivity contribution in [2.75, 3.05) is 11.9 Å². The molecule has 0 saturated heterocycles. The number of fused-ring (bicyclic) bond motifs is 1. The Labute approximate surface area is 199 Å². The Balaban J connectivity index is 1.90. The van der Waals surface area contributed by atoms with Gasteiger partial charge in [-0.2, -0.15) is 0 Å². The molecule has 3 atom stereocenters. The second kappa shape index (κ2) is 9.54. The van der Waals surface area contributed by atoms with Crippen molar-refractivity contribution >= 4 is 41.0 Å². The van der Waals surface area contributed by atoms with Gasteiger partial charge in [0, 0.05) is 17.2 Å². The number of ether oxygens (including phenoxy) is 1. The van der Waals surface area contributed by atoms with Gasteiger partial charge in [0.15, 0.2) is 11.8 Å². The summed E-state index contributed by atoms with van der Waals surface area (Å²) in [6.07, 6.45) is 3.83. The number of terminal acetylenes is 1. The van der Waals surface area contributed by atoms with E-state index in [1.807, 2.05) is 0 Å². The largest absolute Gasteiger partial charge is 0.463 e. The van der Waals surface area contributed by atoms with E-state index in [9.17, 15) is 13.6 Å². The first-order chi connectivity index (χ1) is 16.0. The summed E-state index contributed by atoms with van der Waals surface area (Å²) in [7, 11) is 0. The topological polar surface area (TPSA) is 101 Å². The molecule has 3 rings (SSSR count). The fourth-order valence-electron chi connectivity index (χ4n) is 3.99. The number of nitrogens with one attached hydrogen (secondary N) is 1. The molecule has 0 bridgehead atoms. The van der Waals surface area contributed by atoms with E-state index in [2.05, 4.69) is 32.9 Å². The van der Waals surface area contributed by atoms with Crippen LogP contribution in [0, 0.1) is 31.0 Å². The highest BCUT2D eigenvalue weighted by molar-refractivity contribution is 8.15. The molecular weight excluding hydrogens is 467 g/mol. The average Bonchev–Trinajstić information content (AvgIpc) is 3.53. The second-order valence-corrected chi connectivity index (χ2v) is 9.54. The summed E-state index contributed by atoms with van der Waals surface area (Å²) in [5.41, 5.74) is 5.20. The van der Waals surface area contributed by atoms with E-state index in [1.165, 1.54) is 32.2 Å². The maximum atomic E-state index is 15.2. The van der Waals surface area contributed by atoms with Crippen molar-refractivity contribution in [2.24, 2.45) is 26.6 Å². The molecule has 11 heteroatoms. The minimum absolute atomic E-state index is 0.0171. The molecular formula is C23H24F3N5O2S. The van der Waals surface area contributed by atoms with E-state index in [-0.39, 0.29) is 46.6 Å². The highest BCUT2D eigenvalue weighted by atomic mass is 32.2. The third-order valence-electron chi connectivity index (χ3n) is 5.85. The number of aryl methyl sites for hydroxylation is 1. The molecule has 1 aliphatic carbocycles. The average molecular weight is 492 g/mol. The lowest BCUT2D eigenvalue weighted by Crippen LogP contribution is -2.39.